The third-order valence-corrected chi connectivity index (χ3v) is 7.06. The SMILES string of the molecule is COc1ccc2c(c1)CCc1c(C(=O)Nc3sc4c(c3C(N)=O)CCCC4)noc1-2. The highest BCUT2D eigenvalue weighted by atomic mass is 32.1. The largest absolute Gasteiger partial charge is 0.497 e. The van der Waals surface area contributed by atoms with E-state index in [1.165, 1.54) is 11.3 Å². The molecule has 0 spiro atoms. The Morgan fingerprint density at radius 3 is 2.80 bits per heavy atom. The number of anilines is 1. The van der Waals surface area contributed by atoms with Crippen molar-refractivity contribution < 1.29 is 18.8 Å². The first-order valence-corrected chi connectivity index (χ1v) is 10.8. The Bertz CT molecular complexity index is 1180. The smallest absolute Gasteiger partial charge is 0.278 e. The van der Waals surface area contributed by atoms with Gasteiger partial charge in [-0.2, -0.15) is 0 Å². The molecule has 2 amide bonds. The Labute approximate surface area is 177 Å². The Kier molecular flexibility index (Phi) is 4.58. The summed E-state index contributed by atoms with van der Waals surface area (Å²) in [5, 5.41) is 7.45. The first-order valence-electron chi connectivity index (χ1n) is 9.98. The maximum absolute atomic E-state index is 13.0. The van der Waals surface area contributed by atoms with E-state index in [-0.39, 0.29) is 11.6 Å². The Balaban J connectivity index is 1.47. The second-order valence-electron chi connectivity index (χ2n) is 7.60. The minimum Gasteiger partial charge on any atom is -0.497 e. The number of rotatable bonds is 4. The molecule has 0 bridgehead atoms. The molecule has 154 valence electrons. The molecule has 0 atom stereocenters. The van der Waals surface area contributed by atoms with Gasteiger partial charge in [-0.3, -0.25) is 9.59 Å². The number of methoxy groups -OCH3 is 1. The topological polar surface area (TPSA) is 107 Å². The third kappa shape index (κ3) is 2.99. The van der Waals surface area contributed by atoms with Crippen molar-refractivity contribution in [1.82, 2.24) is 5.16 Å². The maximum atomic E-state index is 13.0. The van der Waals surface area contributed by atoms with Crippen molar-refractivity contribution >= 4 is 28.2 Å². The molecular formula is C22H21N3O4S. The number of hydrogen-bond acceptors (Lipinski definition) is 6. The number of amides is 2. The summed E-state index contributed by atoms with van der Waals surface area (Å²) < 4.78 is 10.9. The van der Waals surface area contributed by atoms with Gasteiger partial charge >= 0.3 is 0 Å². The number of nitrogens with one attached hydrogen (secondary N) is 1. The van der Waals surface area contributed by atoms with Crippen LogP contribution in [-0.4, -0.2) is 24.1 Å². The van der Waals surface area contributed by atoms with Gasteiger partial charge < -0.3 is 20.3 Å². The fourth-order valence-corrected chi connectivity index (χ4v) is 5.68. The number of benzene rings is 1. The third-order valence-electron chi connectivity index (χ3n) is 5.85. The number of aryl methyl sites for hydroxylation is 2. The van der Waals surface area contributed by atoms with Crippen LogP contribution in [0.3, 0.4) is 0 Å². The van der Waals surface area contributed by atoms with Crippen LogP contribution in [0.15, 0.2) is 22.7 Å². The number of primary amides is 1. The van der Waals surface area contributed by atoms with Crippen LogP contribution >= 0.6 is 11.3 Å². The summed E-state index contributed by atoms with van der Waals surface area (Å²) in [7, 11) is 1.63. The van der Waals surface area contributed by atoms with E-state index in [9.17, 15) is 9.59 Å². The van der Waals surface area contributed by atoms with Crippen LogP contribution in [-0.2, 0) is 25.7 Å². The van der Waals surface area contributed by atoms with E-state index in [0.29, 0.717) is 22.7 Å². The van der Waals surface area contributed by atoms with Crippen LogP contribution in [0, 0.1) is 0 Å². The molecule has 7 nitrogen and oxygen atoms in total. The number of fused-ring (bicyclic) bond motifs is 4. The van der Waals surface area contributed by atoms with E-state index in [1.807, 2.05) is 18.2 Å². The lowest BCUT2D eigenvalue weighted by Crippen LogP contribution is -2.19. The fourth-order valence-electron chi connectivity index (χ4n) is 4.39. The highest BCUT2D eigenvalue weighted by Crippen LogP contribution is 2.40. The minimum atomic E-state index is -0.505. The lowest BCUT2D eigenvalue weighted by Gasteiger charge is -2.15. The van der Waals surface area contributed by atoms with Gasteiger partial charge in [0.05, 0.1) is 12.7 Å². The van der Waals surface area contributed by atoms with Crippen LogP contribution in [0.5, 0.6) is 5.75 Å². The lowest BCUT2D eigenvalue weighted by atomic mass is 9.89. The van der Waals surface area contributed by atoms with Crippen LogP contribution in [0.4, 0.5) is 5.00 Å². The van der Waals surface area contributed by atoms with Gasteiger partial charge in [0.15, 0.2) is 11.5 Å². The number of carbonyl (C=O) groups is 2. The van der Waals surface area contributed by atoms with Crippen molar-refractivity contribution in [1.29, 1.82) is 0 Å². The maximum Gasteiger partial charge on any atom is 0.278 e. The average Bonchev–Trinajstić information content (AvgIpc) is 3.34. The van der Waals surface area contributed by atoms with E-state index in [2.05, 4.69) is 10.5 Å². The molecule has 0 fully saturated rings. The van der Waals surface area contributed by atoms with E-state index in [0.717, 1.165) is 65.0 Å². The molecule has 5 rings (SSSR count). The molecule has 2 aliphatic carbocycles. The van der Waals surface area contributed by atoms with Gasteiger partial charge in [-0.25, -0.2) is 0 Å². The van der Waals surface area contributed by atoms with Gasteiger partial charge in [-0.1, -0.05) is 5.16 Å². The van der Waals surface area contributed by atoms with Crippen molar-refractivity contribution in [3.8, 4) is 17.1 Å². The molecule has 2 aliphatic rings. The molecule has 1 aromatic carbocycles. The molecule has 2 aromatic heterocycles. The zero-order valence-corrected chi connectivity index (χ0v) is 17.4. The number of carbonyl (C=O) groups excluding carboxylic acids is 2. The zero-order chi connectivity index (χ0) is 20.8. The second kappa shape index (κ2) is 7.28. The van der Waals surface area contributed by atoms with Crippen molar-refractivity contribution in [2.24, 2.45) is 5.73 Å². The summed E-state index contributed by atoms with van der Waals surface area (Å²) in [5.74, 6) is 0.521. The predicted molar refractivity (Wildman–Crippen MR) is 113 cm³/mol. The van der Waals surface area contributed by atoms with Gasteiger partial charge in [0.1, 0.15) is 10.8 Å². The molecule has 3 aromatic rings. The highest BCUT2D eigenvalue weighted by Gasteiger charge is 2.30. The average molecular weight is 423 g/mol. The predicted octanol–water partition coefficient (Wildman–Crippen LogP) is 3.74. The first kappa shape index (κ1) is 18.9. The molecule has 0 saturated heterocycles. The monoisotopic (exact) mass is 423 g/mol. The first-order chi connectivity index (χ1) is 14.6. The zero-order valence-electron chi connectivity index (χ0n) is 16.5. The quantitative estimate of drug-likeness (QED) is 0.665. The van der Waals surface area contributed by atoms with Crippen molar-refractivity contribution in [3.63, 3.8) is 0 Å². The van der Waals surface area contributed by atoms with E-state index >= 15 is 0 Å². The molecule has 8 heteroatoms. The van der Waals surface area contributed by atoms with Gasteiger partial charge in [0.2, 0.25) is 0 Å². The normalized spacial score (nSPS) is 14.4. The van der Waals surface area contributed by atoms with E-state index in [1.54, 1.807) is 7.11 Å². The molecule has 0 radical (unpaired) electrons. The summed E-state index contributed by atoms with van der Waals surface area (Å²) in [4.78, 5) is 26.3. The number of thiophene rings is 1. The van der Waals surface area contributed by atoms with Crippen molar-refractivity contribution in [2.45, 2.75) is 38.5 Å². The lowest BCUT2D eigenvalue weighted by molar-refractivity contribution is 0.100. The molecule has 0 saturated carbocycles. The minimum absolute atomic E-state index is 0.258. The Morgan fingerprint density at radius 1 is 1.17 bits per heavy atom. The highest BCUT2D eigenvalue weighted by molar-refractivity contribution is 7.17. The van der Waals surface area contributed by atoms with Gasteiger partial charge in [-0.05, 0) is 67.9 Å². The van der Waals surface area contributed by atoms with Gasteiger partial charge in [-0.15, -0.1) is 11.3 Å². The van der Waals surface area contributed by atoms with E-state index in [4.69, 9.17) is 15.0 Å². The number of ether oxygens (including phenoxy) is 1. The van der Waals surface area contributed by atoms with Gasteiger partial charge in [0.25, 0.3) is 11.8 Å². The van der Waals surface area contributed by atoms with Crippen molar-refractivity contribution in [2.75, 3.05) is 12.4 Å². The summed E-state index contributed by atoms with van der Waals surface area (Å²) in [6, 6.07) is 5.78. The number of hydrogen-bond donors (Lipinski definition) is 2. The fraction of sp³-hybridized carbons (Fsp3) is 0.318. The number of aromatic nitrogens is 1. The summed E-state index contributed by atoms with van der Waals surface area (Å²) >= 11 is 1.44. The summed E-state index contributed by atoms with van der Waals surface area (Å²) in [6.45, 7) is 0. The van der Waals surface area contributed by atoms with Crippen LogP contribution < -0.4 is 15.8 Å². The summed E-state index contributed by atoms with van der Waals surface area (Å²) in [5.41, 5.74) is 10.1. The molecule has 0 aliphatic heterocycles. The van der Waals surface area contributed by atoms with Crippen LogP contribution in [0.2, 0.25) is 0 Å². The molecule has 3 N–H and O–H groups in total. The van der Waals surface area contributed by atoms with Crippen LogP contribution in [0.25, 0.3) is 11.3 Å². The second-order valence-corrected chi connectivity index (χ2v) is 8.70. The van der Waals surface area contributed by atoms with Crippen LogP contribution in [0.1, 0.15) is 55.3 Å². The molecular weight excluding hydrogens is 402 g/mol. The summed E-state index contributed by atoms with van der Waals surface area (Å²) in [6.07, 6.45) is 5.25. The molecule has 0 unspecified atom stereocenters. The Hall–Kier alpha value is -3.13. The van der Waals surface area contributed by atoms with Gasteiger partial charge in [0, 0.05) is 16.0 Å². The Morgan fingerprint density at radius 2 is 2.00 bits per heavy atom. The number of nitrogens with zero attached hydrogens (tertiary/aromatic N) is 1. The molecule has 30 heavy (non-hydrogen) atoms. The standard InChI is InChI=1S/C22H21N3O4S/c1-28-12-7-9-13-11(10-12)6-8-15-18(25-29-19(13)15)21(27)24-22-17(20(23)26)14-4-2-3-5-16(14)30-22/h7,9-10H,2-6,8H2,1H3,(H2,23,26)(H,24,27). The van der Waals surface area contributed by atoms with E-state index < -0.39 is 5.91 Å². The number of nitrogens with two attached hydrogens (primary N) is 1. The van der Waals surface area contributed by atoms with Crippen molar-refractivity contribution in [3.05, 3.63) is 51.0 Å². The molecule has 2 heterocycles.